The summed E-state index contributed by atoms with van der Waals surface area (Å²) >= 11 is 5.41. The number of nitrogens with one attached hydrogen (secondary N) is 1. The maximum Gasteiger partial charge on any atom is 0.184 e. The van der Waals surface area contributed by atoms with Crippen LogP contribution in [0.3, 0.4) is 0 Å². The van der Waals surface area contributed by atoms with E-state index in [1.165, 1.54) is 0 Å². The molecule has 3 rings (SSSR count). The molecule has 0 unspecified atom stereocenters. The van der Waals surface area contributed by atoms with E-state index in [-0.39, 0.29) is 0 Å². The molecule has 1 N–H and O–H groups in total. The van der Waals surface area contributed by atoms with E-state index in [0.717, 1.165) is 28.1 Å². The number of hydrogen-bond acceptors (Lipinski definition) is 3. The number of benzene rings is 1. The highest BCUT2D eigenvalue weighted by molar-refractivity contribution is 7.71. The fraction of sp³-hybridized carbons (Fsp3) is 0.214. The molecule has 0 amide bonds. The van der Waals surface area contributed by atoms with Gasteiger partial charge in [0.25, 0.3) is 0 Å². The summed E-state index contributed by atoms with van der Waals surface area (Å²) in [4.78, 5) is 3.20. The molecule has 20 heavy (non-hydrogen) atoms. The highest BCUT2D eigenvalue weighted by Gasteiger charge is 2.13. The number of H-pyrrole nitrogens is 1. The Hall–Kier alpha value is -2.39. The van der Waals surface area contributed by atoms with Gasteiger partial charge in [-0.2, -0.15) is 10.4 Å². The topological polar surface area (TPSA) is 62.3 Å². The van der Waals surface area contributed by atoms with Crippen LogP contribution < -0.4 is 0 Å². The van der Waals surface area contributed by atoms with Crippen molar-refractivity contribution in [2.24, 2.45) is 7.05 Å². The van der Waals surface area contributed by atoms with E-state index >= 15 is 0 Å². The molecular formula is C14H13N5S. The molecule has 5 nitrogen and oxygen atoms in total. The quantitative estimate of drug-likeness (QED) is 0.736. The van der Waals surface area contributed by atoms with E-state index in [1.54, 1.807) is 0 Å². The molecule has 0 atom stereocenters. The number of fused-ring (bicyclic) bond motifs is 1. The Morgan fingerprint density at radius 2 is 2.05 bits per heavy atom. The van der Waals surface area contributed by atoms with Crippen LogP contribution in [0.1, 0.15) is 11.3 Å². The number of nitriles is 1. The van der Waals surface area contributed by atoms with E-state index in [4.69, 9.17) is 17.5 Å². The van der Waals surface area contributed by atoms with E-state index in [2.05, 4.69) is 16.2 Å². The average Bonchev–Trinajstić information content (AvgIpc) is 2.89. The Morgan fingerprint density at radius 1 is 1.35 bits per heavy atom. The lowest BCUT2D eigenvalue weighted by atomic mass is 10.1. The summed E-state index contributed by atoms with van der Waals surface area (Å²) in [5.41, 5.74) is 4.79. The van der Waals surface area contributed by atoms with Gasteiger partial charge in [-0.25, -0.2) is 4.68 Å². The van der Waals surface area contributed by atoms with Crippen LogP contribution in [0.15, 0.2) is 24.3 Å². The minimum Gasteiger partial charge on any atom is -0.327 e. The van der Waals surface area contributed by atoms with Crippen LogP contribution in [0, 0.1) is 23.0 Å². The molecule has 0 saturated heterocycles. The predicted molar refractivity (Wildman–Crippen MR) is 79.3 cm³/mol. The maximum atomic E-state index is 8.71. The second-order valence-corrected chi connectivity index (χ2v) is 5.06. The van der Waals surface area contributed by atoms with Crippen LogP contribution in [0.2, 0.25) is 0 Å². The fourth-order valence-electron chi connectivity index (χ4n) is 2.40. The largest absolute Gasteiger partial charge is 0.327 e. The summed E-state index contributed by atoms with van der Waals surface area (Å²) in [7, 11) is 1.90. The van der Waals surface area contributed by atoms with Crippen molar-refractivity contribution in [3.63, 3.8) is 0 Å². The number of aromatic amines is 1. The summed E-state index contributed by atoms with van der Waals surface area (Å²) in [6.07, 6.45) is 0.416. The summed E-state index contributed by atoms with van der Waals surface area (Å²) in [5.74, 6) is 0. The minimum atomic E-state index is 0.416. The molecule has 6 heteroatoms. The van der Waals surface area contributed by atoms with Crippen molar-refractivity contribution in [1.29, 1.82) is 5.26 Å². The van der Waals surface area contributed by atoms with E-state index in [1.807, 2.05) is 47.5 Å². The number of hydrogen-bond donors (Lipinski definition) is 1. The van der Waals surface area contributed by atoms with Gasteiger partial charge < -0.3 is 4.98 Å². The zero-order chi connectivity index (χ0) is 14.3. The van der Waals surface area contributed by atoms with Crippen molar-refractivity contribution in [1.82, 2.24) is 19.3 Å². The summed E-state index contributed by atoms with van der Waals surface area (Å²) in [6, 6.07) is 9.98. The molecule has 0 aliphatic heterocycles. The molecule has 0 radical (unpaired) electrons. The lowest BCUT2D eigenvalue weighted by Gasteiger charge is -2.05. The molecule has 100 valence electrons. The Labute approximate surface area is 121 Å². The lowest BCUT2D eigenvalue weighted by Crippen LogP contribution is -2.00. The fourth-order valence-corrected chi connectivity index (χ4v) is 2.70. The summed E-state index contributed by atoms with van der Waals surface area (Å²) in [6.45, 7) is 1.95. The van der Waals surface area contributed by atoms with Gasteiger partial charge in [-0.05, 0) is 36.8 Å². The molecule has 0 saturated carbocycles. The number of imidazole rings is 1. The molecule has 0 bridgehead atoms. The standard InChI is InChI=1S/C14H13N5S/c1-9-12-13(18(2)17-9)19(14(20)16-12)11-5-3-10(4-6-11)7-8-15/h3-6H,7H2,1-2H3,(H,16,20). The van der Waals surface area contributed by atoms with Gasteiger partial charge in [0.1, 0.15) is 5.52 Å². The highest BCUT2D eigenvalue weighted by atomic mass is 32.1. The zero-order valence-electron chi connectivity index (χ0n) is 11.2. The monoisotopic (exact) mass is 283 g/mol. The molecule has 0 fully saturated rings. The first-order chi connectivity index (χ1) is 9.61. The third-order valence-electron chi connectivity index (χ3n) is 3.32. The SMILES string of the molecule is Cc1nn(C)c2c1[nH]c(=S)n2-c1ccc(CC#N)cc1. The summed E-state index contributed by atoms with van der Waals surface area (Å²) in [5, 5.41) is 13.1. The van der Waals surface area contributed by atoms with Crippen molar-refractivity contribution in [3.05, 3.63) is 40.3 Å². The van der Waals surface area contributed by atoms with Gasteiger partial charge in [-0.1, -0.05) is 12.1 Å². The van der Waals surface area contributed by atoms with E-state index in [0.29, 0.717) is 11.2 Å². The minimum absolute atomic E-state index is 0.416. The van der Waals surface area contributed by atoms with Crippen LogP contribution in [-0.4, -0.2) is 19.3 Å². The van der Waals surface area contributed by atoms with Gasteiger partial charge >= 0.3 is 0 Å². The molecule has 0 aliphatic carbocycles. The second kappa shape index (κ2) is 4.62. The van der Waals surface area contributed by atoms with Crippen molar-refractivity contribution >= 4 is 23.4 Å². The second-order valence-electron chi connectivity index (χ2n) is 4.67. The number of nitrogens with zero attached hydrogens (tertiary/aromatic N) is 4. The first-order valence-corrected chi connectivity index (χ1v) is 6.63. The van der Waals surface area contributed by atoms with Crippen molar-refractivity contribution in [3.8, 4) is 11.8 Å². The predicted octanol–water partition coefficient (Wildman–Crippen LogP) is 2.80. The number of aryl methyl sites for hydroxylation is 2. The Bertz CT molecular complexity index is 873. The van der Waals surface area contributed by atoms with Crippen molar-refractivity contribution in [2.75, 3.05) is 0 Å². The van der Waals surface area contributed by atoms with Gasteiger partial charge in [0.2, 0.25) is 0 Å². The van der Waals surface area contributed by atoms with Crippen molar-refractivity contribution in [2.45, 2.75) is 13.3 Å². The average molecular weight is 283 g/mol. The van der Waals surface area contributed by atoms with Crippen LogP contribution in [0.5, 0.6) is 0 Å². The first kappa shape index (κ1) is 12.6. The smallest absolute Gasteiger partial charge is 0.184 e. The van der Waals surface area contributed by atoms with Gasteiger partial charge in [-0.3, -0.25) is 4.57 Å². The molecule has 0 aliphatic rings. The van der Waals surface area contributed by atoms with Crippen LogP contribution >= 0.6 is 12.2 Å². The Balaban J connectivity index is 2.21. The molecule has 3 aromatic rings. The van der Waals surface area contributed by atoms with Gasteiger partial charge in [0, 0.05) is 12.7 Å². The Morgan fingerprint density at radius 3 is 2.70 bits per heavy atom. The Kier molecular flexibility index (Phi) is 2.92. The van der Waals surface area contributed by atoms with Crippen molar-refractivity contribution < 1.29 is 0 Å². The van der Waals surface area contributed by atoms with Crippen LogP contribution in [-0.2, 0) is 13.5 Å². The lowest BCUT2D eigenvalue weighted by molar-refractivity contribution is 0.759. The van der Waals surface area contributed by atoms with Gasteiger partial charge in [-0.15, -0.1) is 0 Å². The third-order valence-corrected chi connectivity index (χ3v) is 3.60. The van der Waals surface area contributed by atoms with E-state index in [9.17, 15) is 0 Å². The number of rotatable bonds is 2. The van der Waals surface area contributed by atoms with Gasteiger partial charge in [0.05, 0.1) is 18.2 Å². The normalized spacial score (nSPS) is 10.8. The maximum absolute atomic E-state index is 8.71. The molecule has 0 spiro atoms. The molecule has 2 aromatic heterocycles. The van der Waals surface area contributed by atoms with Crippen LogP contribution in [0.25, 0.3) is 16.9 Å². The summed E-state index contributed by atoms with van der Waals surface area (Å²) < 4.78 is 4.42. The van der Waals surface area contributed by atoms with E-state index < -0.39 is 0 Å². The first-order valence-electron chi connectivity index (χ1n) is 6.22. The third kappa shape index (κ3) is 1.84. The number of aromatic nitrogens is 4. The molecule has 1 aromatic carbocycles. The van der Waals surface area contributed by atoms with Gasteiger partial charge in [0.15, 0.2) is 10.4 Å². The highest BCUT2D eigenvalue weighted by Crippen LogP contribution is 2.21. The molecular weight excluding hydrogens is 270 g/mol. The zero-order valence-corrected chi connectivity index (χ0v) is 12.0. The van der Waals surface area contributed by atoms with Crippen LogP contribution in [0.4, 0.5) is 0 Å². The molecule has 2 heterocycles.